The molecule has 6 N–H and O–H groups in total. The molecule has 222 valence electrons. The number of H-pyrrole nitrogens is 1. The predicted octanol–water partition coefficient (Wildman–Crippen LogP) is 0.0501. The molecule has 14 heteroatoms. The molecule has 4 amide bonds. The second kappa shape index (κ2) is 18.5. The fourth-order valence-electron chi connectivity index (χ4n) is 3.86. The van der Waals surface area contributed by atoms with Crippen molar-refractivity contribution in [3.63, 3.8) is 0 Å². The number of nitrogens with zero attached hydrogens (tertiary/aromatic N) is 2. The van der Waals surface area contributed by atoms with Crippen LogP contribution in [0.15, 0.2) is 12.5 Å². The first-order valence-electron chi connectivity index (χ1n) is 13.6. The topological polar surface area (TPSA) is 179 Å². The molecule has 1 aromatic rings. The number of hydrogen-bond donors (Lipinski definition) is 6. The molecule has 0 spiro atoms. The van der Waals surface area contributed by atoms with Crippen LogP contribution in [0.1, 0.15) is 64.5 Å². The summed E-state index contributed by atoms with van der Waals surface area (Å²) in [5.41, 5.74) is 5.42. The van der Waals surface area contributed by atoms with Crippen LogP contribution in [0, 0.1) is 0 Å². The summed E-state index contributed by atoms with van der Waals surface area (Å²) >= 11 is 4.15. The molecule has 0 fully saturated rings. The number of amides is 4. The molecule has 0 saturated carbocycles. The standard InChI is InChI=1S/C26H44BN7O5S/c1-26(2,21(35)14-27)33-24(38)20(13-18-15-29-17-31-18)32-23(37)16-34(3)25(39)19(28)9-6-7-11-30-22(36)10-5-4-8-12-40/h15,17,19-20,40H,4-14,16,28H2,1-3H3,(H,29,31)(H,30,36)(H,32,37)(H,33,38)/t19-,20-/m0/s1. The summed E-state index contributed by atoms with van der Waals surface area (Å²) in [5, 5.41) is 8.13. The molecule has 0 aliphatic heterocycles. The third-order valence-corrected chi connectivity index (χ3v) is 6.67. The van der Waals surface area contributed by atoms with Gasteiger partial charge < -0.3 is 31.6 Å². The number of Topliss-reactive ketones (excluding diaryl/α,β-unsaturated/α-hetero) is 1. The molecule has 0 aliphatic rings. The molecule has 12 nitrogen and oxygen atoms in total. The Morgan fingerprint density at radius 3 is 2.48 bits per heavy atom. The summed E-state index contributed by atoms with van der Waals surface area (Å²) in [6.45, 7) is 3.26. The lowest BCUT2D eigenvalue weighted by atomic mass is 9.88. The van der Waals surface area contributed by atoms with Crippen molar-refractivity contribution >= 4 is 49.9 Å². The van der Waals surface area contributed by atoms with E-state index in [9.17, 15) is 24.0 Å². The van der Waals surface area contributed by atoms with Gasteiger partial charge in [-0.15, -0.1) is 0 Å². The summed E-state index contributed by atoms with van der Waals surface area (Å²) < 4.78 is 0. The van der Waals surface area contributed by atoms with Gasteiger partial charge in [0.25, 0.3) is 0 Å². The average Bonchev–Trinajstić information content (AvgIpc) is 3.42. The van der Waals surface area contributed by atoms with Gasteiger partial charge in [0, 0.05) is 38.3 Å². The summed E-state index contributed by atoms with van der Waals surface area (Å²) in [6, 6.07) is -1.84. The van der Waals surface area contributed by atoms with Crippen LogP contribution in [0.3, 0.4) is 0 Å². The number of nitrogens with two attached hydrogens (primary N) is 1. The number of thiol groups is 1. The smallest absolute Gasteiger partial charge is 0.243 e. The first kappa shape index (κ1) is 35.2. The molecule has 1 rings (SSSR count). The molecule has 1 heterocycles. The van der Waals surface area contributed by atoms with Crippen molar-refractivity contribution in [1.29, 1.82) is 0 Å². The number of hydrogen-bond acceptors (Lipinski definition) is 8. The molecule has 2 atom stereocenters. The van der Waals surface area contributed by atoms with Crippen LogP contribution in [-0.2, 0) is 30.4 Å². The van der Waals surface area contributed by atoms with Crippen molar-refractivity contribution < 1.29 is 24.0 Å². The van der Waals surface area contributed by atoms with Gasteiger partial charge in [-0.05, 0) is 58.0 Å². The lowest BCUT2D eigenvalue weighted by Crippen LogP contribution is -2.58. The largest absolute Gasteiger partial charge is 0.356 e. The minimum absolute atomic E-state index is 0.0133. The van der Waals surface area contributed by atoms with Crippen LogP contribution in [0.5, 0.6) is 0 Å². The number of unbranched alkanes of at least 4 members (excludes halogenated alkanes) is 3. The quantitative estimate of drug-likeness (QED) is 0.0720. The highest BCUT2D eigenvalue weighted by Crippen LogP contribution is 2.09. The maximum atomic E-state index is 13.0. The normalized spacial score (nSPS) is 12.7. The zero-order valence-corrected chi connectivity index (χ0v) is 24.7. The van der Waals surface area contributed by atoms with Gasteiger partial charge in [-0.1, -0.05) is 6.42 Å². The van der Waals surface area contributed by atoms with Crippen LogP contribution in [-0.4, -0.2) is 95.6 Å². The summed E-state index contributed by atoms with van der Waals surface area (Å²) in [4.78, 5) is 70.4. The molecular weight excluding hydrogens is 533 g/mol. The summed E-state index contributed by atoms with van der Waals surface area (Å²) in [5.74, 6) is -1.09. The third-order valence-electron chi connectivity index (χ3n) is 6.35. The molecule has 1 aromatic heterocycles. The van der Waals surface area contributed by atoms with Crippen molar-refractivity contribution in [3.05, 3.63) is 18.2 Å². The van der Waals surface area contributed by atoms with E-state index in [4.69, 9.17) is 13.6 Å². The van der Waals surface area contributed by atoms with E-state index >= 15 is 0 Å². The van der Waals surface area contributed by atoms with Gasteiger partial charge in [-0.2, -0.15) is 12.6 Å². The van der Waals surface area contributed by atoms with E-state index in [2.05, 4.69) is 38.5 Å². The Kier molecular flexibility index (Phi) is 16.2. The second-order valence-corrected chi connectivity index (χ2v) is 10.8. The van der Waals surface area contributed by atoms with E-state index in [-0.39, 0.29) is 31.0 Å². The second-order valence-electron chi connectivity index (χ2n) is 10.3. The van der Waals surface area contributed by atoms with E-state index in [0.717, 1.165) is 25.0 Å². The average molecular weight is 578 g/mol. The highest BCUT2D eigenvalue weighted by Gasteiger charge is 2.32. The van der Waals surface area contributed by atoms with Gasteiger partial charge in [-0.3, -0.25) is 24.0 Å². The molecular formula is C26H44BN7O5S. The van der Waals surface area contributed by atoms with Crippen molar-refractivity contribution in [1.82, 2.24) is 30.8 Å². The fraction of sp³-hybridized carbons (Fsp3) is 0.692. The Morgan fingerprint density at radius 2 is 1.85 bits per heavy atom. The SMILES string of the molecule is [B]CC(=O)C(C)(C)NC(=O)[C@H](Cc1cnc[nH]1)NC(=O)CN(C)C(=O)[C@@H](N)CCCCNC(=O)CCCCCS. The van der Waals surface area contributed by atoms with Crippen molar-refractivity contribution in [3.8, 4) is 0 Å². The molecule has 0 bridgehead atoms. The van der Waals surface area contributed by atoms with E-state index in [0.29, 0.717) is 37.9 Å². The highest BCUT2D eigenvalue weighted by atomic mass is 32.1. The Morgan fingerprint density at radius 1 is 1.12 bits per heavy atom. The monoisotopic (exact) mass is 577 g/mol. The number of aromatic nitrogens is 2. The van der Waals surface area contributed by atoms with E-state index < -0.39 is 35.3 Å². The Bertz CT molecular complexity index is 961. The Balaban J connectivity index is 2.54. The minimum atomic E-state index is -1.22. The number of carbonyl (C=O) groups is 5. The van der Waals surface area contributed by atoms with Gasteiger partial charge in [-0.25, -0.2) is 4.98 Å². The molecule has 0 aromatic carbocycles. The van der Waals surface area contributed by atoms with Gasteiger partial charge in [0.05, 0.1) is 32.3 Å². The lowest BCUT2D eigenvalue weighted by Gasteiger charge is -2.28. The van der Waals surface area contributed by atoms with Crippen molar-refractivity contribution in [2.24, 2.45) is 5.73 Å². The highest BCUT2D eigenvalue weighted by molar-refractivity contribution is 7.80. The molecule has 2 radical (unpaired) electrons. The first-order chi connectivity index (χ1) is 18.9. The van der Waals surface area contributed by atoms with Crippen LogP contribution in [0.25, 0.3) is 0 Å². The van der Waals surface area contributed by atoms with Crippen LogP contribution in [0.4, 0.5) is 0 Å². The maximum Gasteiger partial charge on any atom is 0.243 e. The summed E-state index contributed by atoms with van der Waals surface area (Å²) in [7, 11) is 6.90. The zero-order valence-electron chi connectivity index (χ0n) is 23.8. The predicted molar refractivity (Wildman–Crippen MR) is 157 cm³/mol. The third kappa shape index (κ3) is 13.5. The Labute approximate surface area is 243 Å². The number of aromatic amines is 1. The summed E-state index contributed by atoms with van der Waals surface area (Å²) in [6.07, 6.45) is 7.84. The van der Waals surface area contributed by atoms with Gasteiger partial charge in [0.2, 0.25) is 23.6 Å². The van der Waals surface area contributed by atoms with E-state index in [1.165, 1.54) is 38.3 Å². The van der Waals surface area contributed by atoms with Crippen molar-refractivity contribution in [2.45, 2.75) is 89.2 Å². The van der Waals surface area contributed by atoms with E-state index in [1.54, 1.807) is 0 Å². The van der Waals surface area contributed by atoms with E-state index in [1.807, 2.05) is 0 Å². The maximum absolute atomic E-state index is 13.0. The Hall–Kier alpha value is -2.87. The lowest BCUT2D eigenvalue weighted by molar-refractivity contribution is -0.137. The molecule has 0 unspecified atom stereocenters. The van der Waals surface area contributed by atoms with Gasteiger partial charge in [0.15, 0.2) is 0 Å². The molecule has 0 saturated heterocycles. The first-order valence-corrected chi connectivity index (χ1v) is 14.2. The van der Waals surface area contributed by atoms with Crippen LogP contribution >= 0.6 is 12.6 Å². The zero-order chi connectivity index (χ0) is 30.1. The van der Waals surface area contributed by atoms with Crippen molar-refractivity contribution in [2.75, 3.05) is 25.9 Å². The number of likely N-dealkylation sites (N-methyl/N-ethyl adjacent to an activating group) is 1. The number of carbonyl (C=O) groups excluding carboxylic acids is 5. The van der Waals surface area contributed by atoms with Crippen LogP contribution < -0.4 is 21.7 Å². The van der Waals surface area contributed by atoms with Gasteiger partial charge >= 0.3 is 0 Å². The number of imidazole rings is 1. The number of rotatable bonds is 20. The number of ketones is 1. The number of nitrogens with one attached hydrogen (secondary N) is 4. The fourth-order valence-corrected chi connectivity index (χ4v) is 4.09. The molecule has 0 aliphatic carbocycles. The minimum Gasteiger partial charge on any atom is -0.356 e. The van der Waals surface area contributed by atoms with Gasteiger partial charge in [0.1, 0.15) is 11.8 Å². The van der Waals surface area contributed by atoms with Crippen LogP contribution in [0.2, 0.25) is 6.32 Å². The molecule has 40 heavy (non-hydrogen) atoms.